The Morgan fingerprint density at radius 3 is 2.43 bits per heavy atom. The fourth-order valence-corrected chi connectivity index (χ4v) is 1.99. The average molecular weight is 332 g/mol. The number of anilines is 1. The molecular formula is C17H18ClN3O2. The van der Waals surface area contributed by atoms with Gasteiger partial charge in [0, 0.05) is 29.0 Å². The van der Waals surface area contributed by atoms with Crippen LogP contribution in [0.4, 0.5) is 5.69 Å². The highest BCUT2D eigenvalue weighted by molar-refractivity contribution is 6.30. The molecule has 2 rings (SSSR count). The summed E-state index contributed by atoms with van der Waals surface area (Å²) in [7, 11) is 0. The molecule has 5 nitrogen and oxygen atoms in total. The topological polar surface area (TPSA) is 71.1 Å². The van der Waals surface area contributed by atoms with Gasteiger partial charge >= 0.3 is 0 Å². The number of pyridine rings is 1. The van der Waals surface area contributed by atoms with Gasteiger partial charge in [0.15, 0.2) is 0 Å². The summed E-state index contributed by atoms with van der Waals surface area (Å²) in [5, 5.41) is 6.00. The molecule has 0 spiro atoms. The van der Waals surface area contributed by atoms with Crippen molar-refractivity contribution in [3.8, 4) is 0 Å². The van der Waals surface area contributed by atoms with Gasteiger partial charge in [-0.3, -0.25) is 14.6 Å². The number of amides is 2. The number of carbonyl (C=O) groups is 2. The molecule has 2 N–H and O–H groups in total. The van der Waals surface area contributed by atoms with Gasteiger partial charge in [0.25, 0.3) is 11.8 Å². The first-order valence-corrected chi connectivity index (χ1v) is 7.64. The van der Waals surface area contributed by atoms with Crippen LogP contribution in [-0.4, -0.2) is 23.3 Å². The number of rotatable bonds is 5. The maximum Gasteiger partial charge on any atom is 0.274 e. The van der Waals surface area contributed by atoms with E-state index in [9.17, 15) is 9.59 Å². The third kappa shape index (κ3) is 5.07. The molecular weight excluding hydrogens is 314 g/mol. The molecule has 1 heterocycles. The van der Waals surface area contributed by atoms with E-state index >= 15 is 0 Å². The molecule has 1 aromatic carbocycles. The maximum absolute atomic E-state index is 12.1. The number of carbonyl (C=O) groups excluding carboxylic acids is 2. The zero-order valence-electron chi connectivity index (χ0n) is 13.0. The van der Waals surface area contributed by atoms with Crippen LogP contribution < -0.4 is 10.6 Å². The summed E-state index contributed by atoms with van der Waals surface area (Å²) in [5.41, 5.74) is 1.36. The highest BCUT2D eigenvalue weighted by Gasteiger charge is 2.09. The number of halogens is 1. The van der Waals surface area contributed by atoms with E-state index in [2.05, 4.69) is 15.6 Å². The van der Waals surface area contributed by atoms with Crippen molar-refractivity contribution < 1.29 is 9.59 Å². The van der Waals surface area contributed by atoms with Crippen molar-refractivity contribution in [2.45, 2.75) is 13.8 Å². The molecule has 0 unspecified atom stereocenters. The molecule has 0 radical (unpaired) electrons. The van der Waals surface area contributed by atoms with Gasteiger partial charge in [-0.15, -0.1) is 0 Å². The summed E-state index contributed by atoms with van der Waals surface area (Å²) in [6.07, 6.45) is 1.47. The average Bonchev–Trinajstić information content (AvgIpc) is 2.53. The number of nitrogens with zero attached hydrogens (tertiary/aromatic N) is 1. The summed E-state index contributed by atoms with van der Waals surface area (Å²) < 4.78 is 0. The Balaban J connectivity index is 1.99. The van der Waals surface area contributed by atoms with Crippen molar-refractivity contribution in [1.29, 1.82) is 0 Å². The molecule has 23 heavy (non-hydrogen) atoms. The van der Waals surface area contributed by atoms with E-state index in [1.807, 2.05) is 13.8 Å². The number of nitrogens with one attached hydrogen (secondary N) is 2. The smallest absolute Gasteiger partial charge is 0.274 e. The molecule has 6 heteroatoms. The predicted octanol–water partition coefficient (Wildman–Crippen LogP) is 3.37. The number of hydrogen-bond donors (Lipinski definition) is 2. The normalized spacial score (nSPS) is 10.4. The molecule has 120 valence electrons. The number of aromatic nitrogens is 1. The first kappa shape index (κ1) is 17.0. The molecule has 0 atom stereocenters. The molecule has 0 fully saturated rings. The van der Waals surface area contributed by atoms with Gasteiger partial charge in [0.1, 0.15) is 5.69 Å². The van der Waals surface area contributed by atoms with Crippen LogP contribution in [0.1, 0.15) is 34.7 Å². The van der Waals surface area contributed by atoms with Gasteiger partial charge in [0.2, 0.25) is 0 Å². The van der Waals surface area contributed by atoms with Crippen molar-refractivity contribution in [2.24, 2.45) is 5.92 Å². The molecule has 0 bridgehead atoms. The van der Waals surface area contributed by atoms with Crippen molar-refractivity contribution >= 4 is 29.1 Å². The van der Waals surface area contributed by atoms with E-state index in [1.54, 1.807) is 30.3 Å². The lowest BCUT2D eigenvalue weighted by atomic mass is 10.1. The van der Waals surface area contributed by atoms with Crippen LogP contribution in [0.15, 0.2) is 42.6 Å². The van der Waals surface area contributed by atoms with Crippen molar-refractivity contribution in [1.82, 2.24) is 10.3 Å². The molecule has 0 saturated carbocycles. The highest BCUT2D eigenvalue weighted by Crippen LogP contribution is 2.13. The lowest BCUT2D eigenvalue weighted by Crippen LogP contribution is -2.27. The zero-order valence-corrected chi connectivity index (χ0v) is 13.7. The maximum atomic E-state index is 12.1. The van der Waals surface area contributed by atoms with E-state index in [4.69, 9.17) is 11.6 Å². The minimum Gasteiger partial charge on any atom is -0.352 e. The highest BCUT2D eigenvalue weighted by atomic mass is 35.5. The quantitative estimate of drug-likeness (QED) is 0.882. The second-order valence-electron chi connectivity index (χ2n) is 5.49. The van der Waals surface area contributed by atoms with Crippen molar-refractivity contribution in [3.63, 3.8) is 0 Å². The molecule has 0 aliphatic heterocycles. The van der Waals surface area contributed by atoms with Gasteiger partial charge in [-0.1, -0.05) is 25.4 Å². The van der Waals surface area contributed by atoms with E-state index in [0.29, 0.717) is 28.7 Å². The molecule has 2 aromatic rings. The second kappa shape index (κ2) is 7.74. The van der Waals surface area contributed by atoms with Crippen LogP contribution in [0.3, 0.4) is 0 Å². The lowest BCUT2D eigenvalue weighted by molar-refractivity contribution is 0.0948. The minimum atomic E-state index is -0.357. The van der Waals surface area contributed by atoms with Crippen molar-refractivity contribution in [2.75, 3.05) is 11.9 Å². The van der Waals surface area contributed by atoms with Gasteiger partial charge in [0.05, 0.1) is 0 Å². The van der Waals surface area contributed by atoms with Crippen LogP contribution in [-0.2, 0) is 0 Å². The first-order chi connectivity index (χ1) is 11.0. The third-order valence-corrected chi connectivity index (χ3v) is 3.27. The van der Waals surface area contributed by atoms with E-state index < -0.39 is 0 Å². The Hall–Kier alpha value is -2.40. The summed E-state index contributed by atoms with van der Waals surface area (Å²) in [6.45, 7) is 4.68. The predicted molar refractivity (Wildman–Crippen MR) is 90.8 cm³/mol. The second-order valence-corrected chi connectivity index (χ2v) is 5.93. The van der Waals surface area contributed by atoms with E-state index in [0.717, 1.165) is 0 Å². The Kier molecular flexibility index (Phi) is 5.71. The molecule has 0 aliphatic carbocycles. The summed E-state index contributed by atoms with van der Waals surface area (Å²) in [6, 6.07) is 9.76. The largest absolute Gasteiger partial charge is 0.352 e. The molecule has 0 saturated heterocycles. The Labute approximate surface area is 140 Å². The van der Waals surface area contributed by atoms with Gasteiger partial charge < -0.3 is 10.6 Å². The lowest BCUT2D eigenvalue weighted by Gasteiger charge is -2.09. The fraction of sp³-hybridized carbons (Fsp3) is 0.235. The first-order valence-electron chi connectivity index (χ1n) is 7.27. The Bertz CT molecular complexity index is 699. The van der Waals surface area contributed by atoms with Gasteiger partial charge in [-0.05, 0) is 42.3 Å². The van der Waals surface area contributed by atoms with Gasteiger partial charge in [-0.25, -0.2) is 0 Å². The number of benzene rings is 1. The van der Waals surface area contributed by atoms with E-state index in [1.165, 1.54) is 12.3 Å². The SMILES string of the molecule is CC(C)CNC(=O)c1ccc(NC(=O)c2cc(Cl)ccn2)cc1. The minimum absolute atomic E-state index is 0.131. The Morgan fingerprint density at radius 2 is 1.83 bits per heavy atom. The van der Waals surface area contributed by atoms with Crippen LogP contribution in [0.2, 0.25) is 5.02 Å². The number of hydrogen-bond acceptors (Lipinski definition) is 3. The standard InChI is InChI=1S/C17H18ClN3O2/c1-11(2)10-20-16(22)12-3-5-14(6-4-12)21-17(23)15-9-13(18)7-8-19-15/h3-9,11H,10H2,1-2H3,(H,20,22)(H,21,23). The van der Waals surface area contributed by atoms with Crippen LogP contribution in [0.25, 0.3) is 0 Å². The third-order valence-electron chi connectivity index (χ3n) is 3.03. The molecule has 1 aromatic heterocycles. The summed E-state index contributed by atoms with van der Waals surface area (Å²) in [4.78, 5) is 27.9. The van der Waals surface area contributed by atoms with E-state index in [-0.39, 0.29) is 17.5 Å². The van der Waals surface area contributed by atoms with Crippen LogP contribution >= 0.6 is 11.6 Å². The van der Waals surface area contributed by atoms with Crippen LogP contribution in [0, 0.1) is 5.92 Å². The molecule has 0 aliphatic rings. The Morgan fingerprint density at radius 1 is 1.13 bits per heavy atom. The summed E-state index contributed by atoms with van der Waals surface area (Å²) in [5.74, 6) is -0.0969. The van der Waals surface area contributed by atoms with Gasteiger partial charge in [-0.2, -0.15) is 0 Å². The molecule has 2 amide bonds. The fourth-order valence-electron chi connectivity index (χ4n) is 1.83. The van der Waals surface area contributed by atoms with Crippen LogP contribution in [0.5, 0.6) is 0 Å². The monoisotopic (exact) mass is 331 g/mol. The zero-order chi connectivity index (χ0) is 16.8. The van der Waals surface area contributed by atoms with Crippen molar-refractivity contribution in [3.05, 3.63) is 58.9 Å². The summed E-state index contributed by atoms with van der Waals surface area (Å²) >= 11 is 5.83.